The molecule has 0 bridgehead atoms. The first-order chi connectivity index (χ1) is 8.17. The number of hydrogen-bond donors (Lipinski definition) is 1. The van der Waals surface area contributed by atoms with Crippen LogP contribution in [-0.4, -0.2) is 16.7 Å². The molecule has 1 N–H and O–H groups in total. The molecule has 6 heteroatoms. The van der Waals surface area contributed by atoms with Crippen molar-refractivity contribution in [3.63, 3.8) is 0 Å². The summed E-state index contributed by atoms with van der Waals surface area (Å²) in [6.07, 6.45) is 2.20. The third-order valence-electron chi connectivity index (χ3n) is 3.06. The van der Waals surface area contributed by atoms with Gasteiger partial charge in [-0.25, -0.2) is 0 Å². The van der Waals surface area contributed by atoms with Crippen LogP contribution in [0.3, 0.4) is 0 Å². The lowest BCUT2D eigenvalue weighted by atomic mass is 10.0. The molecule has 1 aliphatic rings. The van der Waals surface area contributed by atoms with Crippen LogP contribution in [-0.2, 0) is 5.54 Å². The van der Waals surface area contributed by atoms with Crippen molar-refractivity contribution in [3.8, 4) is 10.7 Å². The molecular formula is C11H12BrN3OS. The molecule has 1 unspecified atom stereocenters. The minimum atomic E-state index is -0.153. The van der Waals surface area contributed by atoms with Gasteiger partial charge in [0.15, 0.2) is 0 Å². The van der Waals surface area contributed by atoms with E-state index in [1.54, 1.807) is 11.3 Å². The second-order valence-corrected chi connectivity index (χ2v) is 6.85. The third kappa shape index (κ3) is 2.05. The van der Waals surface area contributed by atoms with Gasteiger partial charge in [-0.3, -0.25) is 0 Å². The largest absolute Gasteiger partial charge is 0.337 e. The van der Waals surface area contributed by atoms with E-state index in [1.165, 1.54) is 0 Å². The summed E-state index contributed by atoms with van der Waals surface area (Å²) >= 11 is 5.04. The van der Waals surface area contributed by atoms with Gasteiger partial charge >= 0.3 is 0 Å². The van der Waals surface area contributed by atoms with Gasteiger partial charge in [0, 0.05) is 0 Å². The van der Waals surface area contributed by atoms with Crippen molar-refractivity contribution in [2.75, 3.05) is 6.54 Å². The fourth-order valence-electron chi connectivity index (χ4n) is 2.06. The topological polar surface area (TPSA) is 51.0 Å². The summed E-state index contributed by atoms with van der Waals surface area (Å²) < 4.78 is 6.46. The maximum atomic E-state index is 5.38. The predicted octanol–water partition coefficient (Wildman–Crippen LogP) is 3.16. The fraction of sp³-hybridized carbons (Fsp3) is 0.455. The highest BCUT2D eigenvalue weighted by molar-refractivity contribution is 9.11. The first-order valence-corrected chi connectivity index (χ1v) is 7.13. The Morgan fingerprint density at radius 2 is 2.41 bits per heavy atom. The Morgan fingerprint density at radius 3 is 3.06 bits per heavy atom. The molecule has 1 atom stereocenters. The molecule has 2 aromatic rings. The molecule has 0 aromatic carbocycles. The maximum Gasteiger partial charge on any atom is 0.247 e. The molecule has 0 amide bonds. The molecule has 1 fully saturated rings. The Bertz CT molecular complexity index is 530. The van der Waals surface area contributed by atoms with Gasteiger partial charge < -0.3 is 9.84 Å². The predicted molar refractivity (Wildman–Crippen MR) is 69.9 cm³/mol. The standard InChI is InChI=1S/C11H12BrN3OS/c1-11(5-2-6-13-11)10-14-9(15-16-10)7-3-4-8(12)17-7/h3-4,13H,2,5-6H2,1H3. The molecule has 0 spiro atoms. The number of hydrogen-bond acceptors (Lipinski definition) is 5. The smallest absolute Gasteiger partial charge is 0.247 e. The van der Waals surface area contributed by atoms with Crippen LogP contribution in [0.25, 0.3) is 10.7 Å². The van der Waals surface area contributed by atoms with Crippen LogP contribution >= 0.6 is 27.3 Å². The monoisotopic (exact) mass is 313 g/mol. The molecule has 17 heavy (non-hydrogen) atoms. The van der Waals surface area contributed by atoms with Crippen LogP contribution in [0.15, 0.2) is 20.4 Å². The van der Waals surface area contributed by atoms with Gasteiger partial charge in [0.25, 0.3) is 0 Å². The summed E-state index contributed by atoms with van der Waals surface area (Å²) in [7, 11) is 0. The number of nitrogens with one attached hydrogen (secondary N) is 1. The van der Waals surface area contributed by atoms with Crippen LogP contribution in [0.5, 0.6) is 0 Å². The molecule has 0 radical (unpaired) electrons. The zero-order chi connectivity index (χ0) is 11.9. The summed E-state index contributed by atoms with van der Waals surface area (Å²) in [5.74, 6) is 1.36. The molecule has 0 saturated carbocycles. The molecule has 0 aliphatic carbocycles. The summed E-state index contributed by atoms with van der Waals surface area (Å²) in [5, 5.41) is 7.47. The molecule has 1 aliphatic heterocycles. The zero-order valence-electron chi connectivity index (χ0n) is 9.36. The summed E-state index contributed by atoms with van der Waals surface area (Å²) in [6.45, 7) is 3.13. The molecule has 4 nitrogen and oxygen atoms in total. The van der Waals surface area contributed by atoms with Gasteiger partial charge in [-0.05, 0) is 54.4 Å². The third-order valence-corrected chi connectivity index (χ3v) is 4.68. The first kappa shape index (κ1) is 11.4. The molecule has 3 rings (SSSR count). The number of rotatable bonds is 2. The Morgan fingerprint density at radius 1 is 1.53 bits per heavy atom. The van der Waals surface area contributed by atoms with Crippen molar-refractivity contribution in [3.05, 3.63) is 21.8 Å². The van der Waals surface area contributed by atoms with Crippen LogP contribution in [0.4, 0.5) is 0 Å². The number of halogens is 1. The van der Waals surface area contributed by atoms with E-state index in [1.807, 2.05) is 12.1 Å². The van der Waals surface area contributed by atoms with E-state index in [0.29, 0.717) is 11.7 Å². The van der Waals surface area contributed by atoms with Crippen molar-refractivity contribution in [2.24, 2.45) is 0 Å². The van der Waals surface area contributed by atoms with Crippen LogP contribution in [0.2, 0.25) is 0 Å². The van der Waals surface area contributed by atoms with E-state index in [4.69, 9.17) is 4.52 Å². The Labute approximate surface area is 112 Å². The average Bonchev–Trinajstić information content (AvgIpc) is 2.96. The van der Waals surface area contributed by atoms with Gasteiger partial charge in [0.1, 0.15) is 0 Å². The van der Waals surface area contributed by atoms with Crippen LogP contribution in [0, 0.1) is 0 Å². The SMILES string of the molecule is CC1(c2nc(-c3ccc(Br)s3)no2)CCCN1. The van der Waals surface area contributed by atoms with Crippen molar-refractivity contribution in [1.29, 1.82) is 0 Å². The highest BCUT2D eigenvalue weighted by Crippen LogP contribution is 2.33. The van der Waals surface area contributed by atoms with Crippen molar-refractivity contribution >= 4 is 27.3 Å². The minimum absolute atomic E-state index is 0.153. The van der Waals surface area contributed by atoms with Gasteiger partial charge in [-0.15, -0.1) is 11.3 Å². The summed E-state index contributed by atoms with van der Waals surface area (Å²) in [4.78, 5) is 5.52. The highest BCUT2D eigenvalue weighted by atomic mass is 79.9. The minimum Gasteiger partial charge on any atom is -0.337 e. The maximum absolute atomic E-state index is 5.38. The van der Waals surface area contributed by atoms with E-state index in [2.05, 4.69) is 38.3 Å². The lowest BCUT2D eigenvalue weighted by Gasteiger charge is -2.18. The average molecular weight is 314 g/mol. The number of aromatic nitrogens is 2. The van der Waals surface area contributed by atoms with Crippen molar-refractivity contribution < 1.29 is 4.52 Å². The second kappa shape index (κ2) is 4.19. The normalized spacial score (nSPS) is 24.4. The van der Waals surface area contributed by atoms with E-state index in [0.717, 1.165) is 28.0 Å². The molecule has 1 saturated heterocycles. The van der Waals surface area contributed by atoms with Gasteiger partial charge in [-0.1, -0.05) is 5.16 Å². The van der Waals surface area contributed by atoms with Gasteiger partial charge in [0.05, 0.1) is 14.2 Å². The van der Waals surface area contributed by atoms with Gasteiger partial charge in [-0.2, -0.15) is 4.98 Å². The summed E-state index contributed by atoms with van der Waals surface area (Å²) in [6, 6.07) is 3.99. The number of thiophene rings is 1. The first-order valence-electron chi connectivity index (χ1n) is 5.52. The number of nitrogens with zero attached hydrogens (tertiary/aromatic N) is 2. The van der Waals surface area contributed by atoms with E-state index >= 15 is 0 Å². The molecule has 90 valence electrons. The van der Waals surface area contributed by atoms with Crippen molar-refractivity contribution in [1.82, 2.24) is 15.5 Å². The Balaban J connectivity index is 1.92. The molecular weight excluding hydrogens is 302 g/mol. The van der Waals surface area contributed by atoms with E-state index in [9.17, 15) is 0 Å². The highest BCUT2D eigenvalue weighted by Gasteiger charge is 2.35. The second-order valence-electron chi connectivity index (χ2n) is 4.39. The quantitative estimate of drug-likeness (QED) is 0.925. The fourth-order valence-corrected chi connectivity index (χ4v) is 3.37. The van der Waals surface area contributed by atoms with Crippen LogP contribution < -0.4 is 5.32 Å². The molecule has 3 heterocycles. The lowest BCUT2D eigenvalue weighted by molar-refractivity contribution is 0.275. The van der Waals surface area contributed by atoms with E-state index < -0.39 is 0 Å². The lowest BCUT2D eigenvalue weighted by Crippen LogP contribution is -2.33. The van der Waals surface area contributed by atoms with Gasteiger partial charge in [0.2, 0.25) is 11.7 Å². The van der Waals surface area contributed by atoms with Crippen molar-refractivity contribution in [2.45, 2.75) is 25.3 Å². The zero-order valence-corrected chi connectivity index (χ0v) is 11.8. The van der Waals surface area contributed by atoms with E-state index in [-0.39, 0.29) is 5.54 Å². The Hall–Kier alpha value is -0.720. The summed E-state index contributed by atoms with van der Waals surface area (Å²) in [5.41, 5.74) is -0.153. The molecule has 2 aromatic heterocycles. The van der Waals surface area contributed by atoms with Crippen LogP contribution in [0.1, 0.15) is 25.7 Å². The Kier molecular flexibility index (Phi) is 2.80.